The molecule has 1 aliphatic heterocycles. The summed E-state index contributed by atoms with van der Waals surface area (Å²) in [6.45, 7) is 0.383. The molecule has 112 valence electrons. The minimum absolute atomic E-state index is 0.124. The van der Waals surface area contributed by atoms with Crippen LogP contribution in [0.15, 0.2) is 53.5 Å². The second-order valence-electron chi connectivity index (χ2n) is 5.29. The Labute approximate surface area is 132 Å². The molecule has 23 heavy (non-hydrogen) atoms. The van der Waals surface area contributed by atoms with E-state index in [1.165, 1.54) is 6.07 Å². The van der Waals surface area contributed by atoms with Crippen LogP contribution < -0.4 is 5.73 Å². The van der Waals surface area contributed by atoms with Crippen LogP contribution in [-0.4, -0.2) is 16.2 Å². The number of halogens is 1. The highest BCUT2D eigenvalue weighted by atomic mass is 19.1. The lowest BCUT2D eigenvalue weighted by Gasteiger charge is -2.13. The Morgan fingerprint density at radius 1 is 0.870 bits per heavy atom. The summed E-state index contributed by atoms with van der Waals surface area (Å²) in [5.41, 5.74) is 10.2. The summed E-state index contributed by atoms with van der Waals surface area (Å²) >= 11 is 0. The average Bonchev–Trinajstić information content (AvgIpc) is 2.74. The molecule has 0 fully saturated rings. The van der Waals surface area contributed by atoms with Gasteiger partial charge in [-0.1, -0.05) is 36.4 Å². The lowest BCUT2D eigenvalue weighted by Crippen LogP contribution is -2.05. The van der Waals surface area contributed by atoms with Crippen molar-refractivity contribution in [3.8, 4) is 22.5 Å². The third kappa shape index (κ3) is 2.26. The topological polar surface area (TPSA) is 64.2 Å². The summed E-state index contributed by atoms with van der Waals surface area (Å²) < 4.78 is 14.2. The first-order valence-electron chi connectivity index (χ1n) is 7.24. The van der Waals surface area contributed by atoms with Crippen molar-refractivity contribution < 1.29 is 4.39 Å². The molecule has 2 heterocycles. The first-order valence-corrected chi connectivity index (χ1v) is 7.24. The monoisotopic (exact) mass is 304 g/mol. The number of benzene rings is 2. The van der Waals surface area contributed by atoms with Crippen molar-refractivity contribution in [2.24, 2.45) is 4.99 Å². The quantitative estimate of drug-likeness (QED) is 0.748. The third-order valence-corrected chi connectivity index (χ3v) is 3.85. The highest BCUT2D eigenvalue weighted by Crippen LogP contribution is 2.34. The number of rotatable bonds is 1. The maximum absolute atomic E-state index is 14.2. The molecule has 3 aromatic rings. The molecule has 0 saturated heterocycles. The lowest BCUT2D eigenvalue weighted by molar-refractivity contribution is 0.630. The summed E-state index contributed by atoms with van der Waals surface area (Å²) in [5.74, 6) is -0.215. The molecule has 2 N–H and O–H groups in total. The average molecular weight is 304 g/mol. The maximum Gasteiger partial charge on any atom is 0.221 e. The number of fused-ring (bicyclic) bond motifs is 3. The Morgan fingerprint density at radius 3 is 2.30 bits per heavy atom. The Balaban J connectivity index is 2.05. The van der Waals surface area contributed by atoms with E-state index >= 15 is 0 Å². The van der Waals surface area contributed by atoms with Crippen LogP contribution in [0.25, 0.3) is 22.5 Å². The van der Waals surface area contributed by atoms with Gasteiger partial charge in [0.05, 0.1) is 17.9 Å². The Kier molecular flexibility index (Phi) is 3.12. The fraction of sp³-hybridized carbons (Fsp3) is 0.0556. The molecule has 0 atom stereocenters. The predicted octanol–water partition coefficient (Wildman–Crippen LogP) is 3.46. The highest BCUT2D eigenvalue weighted by Gasteiger charge is 2.21. The van der Waals surface area contributed by atoms with E-state index in [1.54, 1.807) is 24.4 Å². The number of hydrogen-bond acceptors (Lipinski definition) is 4. The van der Waals surface area contributed by atoms with Crippen LogP contribution in [0.1, 0.15) is 11.1 Å². The minimum Gasteiger partial charge on any atom is -0.368 e. The number of aromatic nitrogens is 2. The van der Waals surface area contributed by atoms with Crippen molar-refractivity contribution in [3.63, 3.8) is 0 Å². The molecule has 0 bridgehead atoms. The van der Waals surface area contributed by atoms with E-state index in [-0.39, 0.29) is 11.8 Å². The van der Waals surface area contributed by atoms with Crippen molar-refractivity contribution in [3.05, 3.63) is 65.5 Å². The van der Waals surface area contributed by atoms with Crippen molar-refractivity contribution in [2.75, 3.05) is 5.73 Å². The molecule has 1 aromatic heterocycles. The SMILES string of the molecule is Nc1nc(-c2ccccc2F)c2c(n1)-c1ccccc1C=NC2. The van der Waals surface area contributed by atoms with Gasteiger partial charge < -0.3 is 5.73 Å². The van der Waals surface area contributed by atoms with Gasteiger partial charge >= 0.3 is 0 Å². The normalized spacial score (nSPS) is 12.4. The van der Waals surface area contributed by atoms with Crippen molar-refractivity contribution in [2.45, 2.75) is 6.54 Å². The van der Waals surface area contributed by atoms with E-state index in [9.17, 15) is 4.39 Å². The van der Waals surface area contributed by atoms with Crippen LogP contribution in [-0.2, 0) is 6.54 Å². The van der Waals surface area contributed by atoms with Gasteiger partial charge in [-0.2, -0.15) is 0 Å². The molecule has 1 aliphatic rings. The summed E-state index contributed by atoms with van der Waals surface area (Å²) in [4.78, 5) is 13.1. The molecule has 2 aromatic carbocycles. The van der Waals surface area contributed by atoms with E-state index in [0.717, 1.165) is 16.7 Å². The van der Waals surface area contributed by atoms with Gasteiger partial charge in [0.2, 0.25) is 5.95 Å². The fourth-order valence-corrected chi connectivity index (χ4v) is 2.81. The summed E-state index contributed by atoms with van der Waals surface area (Å²) in [5, 5.41) is 0. The number of aliphatic imine (C=N–C) groups is 1. The first-order chi connectivity index (χ1) is 11.2. The van der Waals surface area contributed by atoms with Crippen molar-refractivity contribution in [1.29, 1.82) is 0 Å². The predicted molar refractivity (Wildman–Crippen MR) is 88.6 cm³/mol. The van der Waals surface area contributed by atoms with Gasteiger partial charge in [0.25, 0.3) is 0 Å². The van der Waals surface area contributed by atoms with Crippen LogP contribution in [0.4, 0.5) is 10.3 Å². The van der Waals surface area contributed by atoms with E-state index in [2.05, 4.69) is 15.0 Å². The lowest BCUT2D eigenvalue weighted by atomic mass is 9.98. The van der Waals surface area contributed by atoms with Gasteiger partial charge in [-0.05, 0) is 12.1 Å². The maximum atomic E-state index is 14.2. The second kappa shape index (κ2) is 5.28. The van der Waals surface area contributed by atoms with Crippen molar-refractivity contribution >= 4 is 12.2 Å². The molecule has 5 heteroatoms. The molecule has 0 saturated carbocycles. The van der Waals surface area contributed by atoms with Gasteiger partial charge in [-0.15, -0.1) is 0 Å². The largest absolute Gasteiger partial charge is 0.368 e. The van der Waals surface area contributed by atoms with Crippen LogP contribution in [0, 0.1) is 5.82 Å². The van der Waals surface area contributed by atoms with Gasteiger partial charge in [0.1, 0.15) is 5.82 Å². The number of hydrogen-bond donors (Lipinski definition) is 1. The molecule has 0 radical (unpaired) electrons. The van der Waals surface area contributed by atoms with E-state index in [4.69, 9.17) is 5.73 Å². The number of nitrogen functional groups attached to an aromatic ring is 1. The van der Waals surface area contributed by atoms with Gasteiger partial charge in [0.15, 0.2) is 0 Å². The molecule has 0 unspecified atom stereocenters. The minimum atomic E-state index is -0.339. The summed E-state index contributed by atoms with van der Waals surface area (Å²) in [7, 11) is 0. The molecule has 4 nitrogen and oxygen atoms in total. The molecular formula is C18H13FN4. The Hall–Kier alpha value is -3.08. The second-order valence-corrected chi connectivity index (χ2v) is 5.29. The van der Waals surface area contributed by atoms with E-state index < -0.39 is 0 Å². The van der Waals surface area contributed by atoms with Gasteiger partial charge in [-0.3, -0.25) is 4.99 Å². The fourth-order valence-electron chi connectivity index (χ4n) is 2.81. The smallest absolute Gasteiger partial charge is 0.221 e. The zero-order chi connectivity index (χ0) is 15.8. The van der Waals surface area contributed by atoms with Crippen LogP contribution in [0.5, 0.6) is 0 Å². The zero-order valence-corrected chi connectivity index (χ0v) is 12.2. The number of anilines is 1. The standard InChI is InChI=1S/C18H13FN4/c19-15-8-4-3-7-13(15)17-14-10-21-9-11-5-1-2-6-12(11)16(14)22-18(20)23-17/h1-9H,10H2,(H2,20,22,23). The Bertz CT molecular complexity index is 934. The van der Waals surface area contributed by atoms with E-state index in [0.29, 0.717) is 23.5 Å². The third-order valence-electron chi connectivity index (χ3n) is 3.85. The molecular weight excluding hydrogens is 291 g/mol. The van der Waals surface area contributed by atoms with Gasteiger partial charge in [0, 0.05) is 28.5 Å². The van der Waals surface area contributed by atoms with Crippen LogP contribution >= 0.6 is 0 Å². The van der Waals surface area contributed by atoms with Crippen LogP contribution in [0.2, 0.25) is 0 Å². The highest BCUT2D eigenvalue weighted by molar-refractivity contribution is 5.92. The van der Waals surface area contributed by atoms with Gasteiger partial charge in [-0.25, -0.2) is 14.4 Å². The molecule has 0 aliphatic carbocycles. The number of nitrogens with two attached hydrogens (primary N) is 1. The molecule has 4 rings (SSSR count). The molecule has 0 amide bonds. The van der Waals surface area contributed by atoms with Crippen LogP contribution in [0.3, 0.4) is 0 Å². The number of nitrogens with zero attached hydrogens (tertiary/aromatic N) is 3. The zero-order valence-electron chi connectivity index (χ0n) is 12.2. The Morgan fingerprint density at radius 2 is 1.52 bits per heavy atom. The molecule has 0 spiro atoms. The first kappa shape index (κ1) is 13.6. The van der Waals surface area contributed by atoms with E-state index in [1.807, 2.05) is 24.3 Å². The summed E-state index contributed by atoms with van der Waals surface area (Å²) in [6, 6.07) is 14.3. The summed E-state index contributed by atoms with van der Waals surface area (Å²) in [6.07, 6.45) is 1.80. The van der Waals surface area contributed by atoms with Crippen molar-refractivity contribution in [1.82, 2.24) is 9.97 Å².